The quantitative estimate of drug-likeness (QED) is 0.802. The van der Waals surface area contributed by atoms with Gasteiger partial charge >= 0.3 is 5.97 Å². The Morgan fingerprint density at radius 3 is 2.76 bits per heavy atom. The molecule has 0 spiro atoms. The first kappa shape index (κ1) is 13.2. The van der Waals surface area contributed by atoms with Crippen LogP contribution >= 0.6 is 0 Å². The first-order valence-electron chi connectivity index (χ1n) is 6.46. The molecule has 3 aromatic rings. The number of para-hydroxylation sites is 1. The number of imidazole rings is 1. The van der Waals surface area contributed by atoms with Crippen molar-refractivity contribution >= 4 is 17.0 Å². The maximum atomic E-state index is 11.4. The summed E-state index contributed by atoms with van der Waals surface area (Å²) in [7, 11) is 1.62. The van der Waals surface area contributed by atoms with Crippen molar-refractivity contribution < 1.29 is 14.6 Å². The number of carbonyl (C=O) groups is 1. The molecule has 5 heteroatoms. The van der Waals surface area contributed by atoms with E-state index >= 15 is 0 Å². The molecule has 0 aliphatic rings. The number of aromatic carboxylic acids is 1. The normalized spacial score (nSPS) is 10.8. The van der Waals surface area contributed by atoms with Crippen LogP contribution in [0.5, 0.6) is 5.75 Å². The molecule has 1 N–H and O–H groups in total. The molecule has 3 rings (SSSR count). The number of benzene rings is 2. The average molecular weight is 282 g/mol. The number of ether oxygens (including phenoxy) is 1. The third-order valence-electron chi connectivity index (χ3n) is 3.45. The summed E-state index contributed by atoms with van der Waals surface area (Å²) in [6.45, 7) is 1.94. The second-order valence-corrected chi connectivity index (χ2v) is 4.75. The summed E-state index contributed by atoms with van der Waals surface area (Å²) in [6, 6.07) is 10.8. The minimum atomic E-state index is -0.965. The van der Waals surface area contributed by atoms with Crippen molar-refractivity contribution in [3.63, 3.8) is 0 Å². The number of carboxylic acid groups (broad SMARTS) is 1. The van der Waals surface area contributed by atoms with Crippen molar-refractivity contribution in [3.8, 4) is 11.4 Å². The molecule has 0 radical (unpaired) electrons. The van der Waals surface area contributed by atoms with E-state index in [2.05, 4.69) is 4.98 Å². The summed E-state index contributed by atoms with van der Waals surface area (Å²) >= 11 is 0. The van der Waals surface area contributed by atoms with Gasteiger partial charge in [0.25, 0.3) is 0 Å². The molecule has 0 saturated heterocycles. The lowest BCUT2D eigenvalue weighted by Crippen LogP contribution is -2.02. The molecule has 2 aromatic carbocycles. The maximum Gasteiger partial charge on any atom is 0.337 e. The van der Waals surface area contributed by atoms with Crippen molar-refractivity contribution in [3.05, 3.63) is 53.9 Å². The van der Waals surface area contributed by atoms with Gasteiger partial charge in [-0.3, -0.25) is 4.57 Å². The Kier molecular flexibility index (Phi) is 3.10. The predicted molar refractivity (Wildman–Crippen MR) is 79.3 cm³/mol. The van der Waals surface area contributed by atoms with Crippen molar-refractivity contribution in [1.82, 2.24) is 9.55 Å². The van der Waals surface area contributed by atoms with Crippen LogP contribution in [0.3, 0.4) is 0 Å². The lowest BCUT2D eigenvalue weighted by atomic mass is 10.1. The highest BCUT2D eigenvalue weighted by molar-refractivity contribution is 6.01. The summed E-state index contributed by atoms with van der Waals surface area (Å²) in [4.78, 5) is 15.7. The zero-order valence-corrected chi connectivity index (χ0v) is 11.7. The average Bonchev–Trinajstić information content (AvgIpc) is 2.90. The van der Waals surface area contributed by atoms with Crippen LogP contribution in [0.1, 0.15) is 15.9 Å². The lowest BCUT2D eigenvalue weighted by molar-refractivity contribution is 0.0698. The second-order valence-electron chi connectivity index (χ2n) is 4.75. The van der Waals surface area contributed by atoms with Crippen LogP contribution in [0.4, 0.5) is 0 Å². The highest BCUT2D eigenvalue weighted by Crippen LogP contribution is 2.25. The molecule has 0 unspecified atom stereocenters. The Hall–Kier alpha value is -2.82. The van der Waals surface area contributed by atoms with Crippen molar-refractivity contribution in [2.24, 2.45) is 0 Å². The molecule has 0 saturated carbocycles. The molecule has 0 bridgehead atoms. The molecule has 5 nitrogen and oxygen atoms in total. The van der Waals surface area contributed by atoms with Gasteiger partial charge in [0.1, 0.15) is 12.1 Å². The monoisotopic (exact) mass is 282 g/mol. The van der Waals surface area contributed by atoms with E-state index in [4.69, 9.17) is 4.74 Å². The highest BCUT2D eigenvalue weighted by atomic mass is 16.5. The molecule has 0 aliphatic heterocycles. The van der Waals surface area contributed by atoms with Gasteiger partial charge in [-0.1, -0.05) is 6.07 Å². The number of hydrogen-bond acceptors (Lipinski definition) is 3. The van der Waals surface area contributed by atoms with E-state index in [1.807, 2.05) is 25.1 Å². The summed E-state index contributed by atoms with van der Waals surface area (Å²) in [6.07, 6.45) is 1.64. The van der Waals surface area contributed by atoms with Crippen molar-refractivity contribution in [1.29, 1.82) is 0 Å². The number of rotatable bonds is 3. The number of methoxy groups -OCH3 is 1. The molecule has 0 amide bonds. The van der Waals surface area contributed by atoms with Gasteiger partial charge in [0.15, 0.2) is 0 Å². The third-order valence-corrected chi connectivity index (χ3v) is 3.45. The molecule has 21 heavy (non-hydrogen) atoms. The van der Waals surface area contributed by atoms with Gasteiger partial charge in [0.05, 0.1) is 23.7 Å². The molecule has 0 atom stereocenters. The van der Waals surface area contributed by atoms with E-state index in [1.165, 1.54) is 0 Å². The van der Waals surface area contributed by atoms with E-state index in [-0.39, 0.29) is 5.56 Å². The fraction of sp³-hybridized carbons (Fsp3) is 0.125. The van der Waals surface area contributed by atoms with Gasteiger partial charge < -0.3 is 9.84 Å². The fourth-order valence-electron chi connectivity index (χ4n) is 2.45. The summed E-state index contributed by atoms with van der Waals surface area (Å²) in [5.41, 5.74) is 3.31. The SMILES string of the molecule is COc1ccc(-n2cnc3cccc(C(=O)O)c32)cc1C. The van der Waals surface area contributed by atoms with E-state index in [1.54, 1.807) is 36.2 Å². The minimum Gasteiger partial charge on any atom is -0.496 e. The number of nitrogens with zero attached hydrogens (tertiary/aromatic N) is 2. The topological polar surface area (TPSA) is 64.4 Å². The van der Waals surface area contributed by atoms with E-state index in [9.17, 15) is 9.90 Å². The van der Waals surface area contributed by atoms with E-state index < -0.39 is 5.97 Å². The van der Waals surface area contributed by atoms with E-state index in [0.717, 1.165) is 17.0 Å². The first-order valence-corrected chi connectivity index (χ1v) is 6.46. The van der Waals surface area contributed by atoms with Crippen LogP contribution in [0.25, 0.3) is 16.7 Å². The highest BCUT2D eigenvalue weighted by Gasteiger charge is 2.14. The third kappa shape index (κ3) is 2.12. The van der Waals surface area contributed by atoms with Gasteiger partial charge in [0, 0.05) is 5.69 Å². The van der Waals surface area contributed by atoms with Crippen LogP contribution in [0, 0.1) is 6.92 Å². The number of aromatic nitrogens is 2. The smallest absolute Gasteiger partial charge is 0.337 e. The molecule has 1 heterocycles. The number of carboxylic acids is 1. The Morgan fingerprint density at radius 1 is 1.29 bits per heavy atom. The fourth-order valence-corrected chi connectivity index (χ4v) is 2.45. The zero-order valence-electron chi connectivity index (χ0n) is 11.7. The largest absolute Gasteiger partial charge is 0.496 e. The van der Waals surface area contributed by atoms with Gasteiger partial charge in [-0.25, -0.2) is 9.78 Å². The Labute approximate surface area is 121 Å². The minimum absolute atomic E-state index is 0.235. The molecular weight excluding hydrogens is 268 g/mol. The molecular formula is C16H14N2O3. The van der Waals surface area contributed by atoms with Gasteiger partial charge in [0.2, 0.25) is 0 Å². The Balaban J connectivity index is 2.26. The van der Waals surface area contributed by atoms with Crippen LogP contribution in [0.2, 0.25) is 0 Å². The van der Waals surface area contributed by atoms with Gasteiger partial charge in [-0.05, 0) is 42.8 Å². The van der Waals surface area contributed by atoms with Gasteiger partial charge in [-0.15, -0.1) is 0 Å². The summed E-state index contributed by atoms with van der Waals surface area (Å²) in [5, 5.41) is 9.35. The lowest BCUT2D eigenvalue weighted by Gasteiger charge is -2.10. The second kappa shape index (κ2) is 4.94. The Bertz CT molecular complexity index is 837. The molecule has 1 aromatic heterocycles. The van der Waals surface area contributed by atoms with Crippen molar-refractivity contribution in [2.45, 2.75) is 6.92 Å². The Morgan fingerprint density at radius 2 is 2.10 bits per heavy atom. The maximum absolute atomic E-state index is 11.4. The number of fused-ring (bicyclic) bond motifs is 1. The van der Waals surface area contributed by atoms with Crippen LogP contribution in [-0.2, 0) is 0 Å². The van der Waals surface area contributed by atoms with Crippen molar-refractivity contribution in [2.75, 3.05) is 7.11 Å². The summed E-state index contributed by atoms with van der Waals surface area (Å²) < 4.78 is 7.03. The van der Waals surface area contributed by atoms with Crippen LogP contribution in [-0.4, -0.2) is 27.7 Å². The summed E-state index contributed by atoms with van der Waals surface area (Å²) in [5.74, 6) is -0.172. The zero-order chi connectivity index (χ0) is 15.0. The van der Waals surface area contributed by atoms with Crippen LogP contribution < -0.4 is 4.74 Å². The van der Waals surface area contributed by atoms with E-state index in [0.29, 0.717) is 11.0 Å². The first-order chi connectivity index (χ1) is 10.1. The standard InChI is InChI=1S/C16H14N2O3/c1-10-8-11(6-7-14(10)21-2)18-9-17-13-5-3-4-12(15(13)18)16(19)20/h3-9H,1-2H3,(H,19,20). The molecule has 0 aliphatic carbocycles. The van der Waals surface area contributed by atoms with Gasteiger partial charge in [-0.2, -0.15) is 0 Å². The molecule has 106 valence electrons. The van der Waals surface area contributed by atoms with Crippen LogP contribution in [0.15, 0.2) is 42.7 Å². The number of aryl methyl sites for hydroxylation is 1. The number of hydrogen-bond donors (Lipinski definition) is 1. The molecule has 0 fully saturated rings. The predicted octanol–water partition coefficient (Wildman–Crippen LogP) is 3.04.